The molecule has 1 unspecified atom stereocenters. The maximum absolute atomic E-state index is 15.0. The molecule has 0 heterocycles. The van der Waals surface area contributed by atoms with Crippen molar-refractivity contribution in [1.29, 1.82) is 5.26 Å². The van der Waals surface area contributed by atoms with Gasteiger partial charge in [0, 0.05) is 22.9 Å². The minimum Gasteiger partial charge on any atom is -0.479 e. The number of halogens is 4. The van der Waals surface area contributed by atoms with Crippen LogP contribution in [0.4, 0.5) is 17.6 Å². The summed E-state index contributed by atoms with van der Waals surface area (Å²) < 4.78 is 86.9. The molecule has 0 amide bonds. The monoisotopic (exact) mass is 463 g/mol. The fourth-order valence-electron chi connectivity index (χ4n) is 2.82. The molecule has 0 aliphatic rings. The van der Waals surface area contributed by atoms with Gasteiger partial charge >= 0.3 is 21.6 Å². The number of ether oxygens (including phenoxy) is 1. The van der Waals surface area contributed by atoms with Crippen molar-refractivity contribution in [3.05, 3.63) is 40.7 Å². The van der Waals surface area contributed by atoms with Gasteiger partial charge in [-0.15, -0.1) is 0 Å². The molecule has 2 rings (SSSR count). The smallest absolute Gasteiger partial charge is 0.479 e. The van der Waals surface area contributed by atoms with E-state index in [0.29, 0.717) is 12.8 Å². The molecule has 0 bridgehead atoms. The predicted molar refractivity (Wildman–Crippen MR) is 100 cm³/mol. The number of nitrogens with zero attached hydrogens (tertiary/aromatic N) is 1. The third kappa shape index (κ3) is 4.88. The molecular formula is C19H17F4NO6S. The lowest BCUT2D eigenvalue weighted by Gasteiger charge is -2.22. The summed E-state index contributed by atoms with van der Waals surface area (Å²) in [5.74, 6) is -3.76. The number of carboxylic acids is 1. The molecule has 0 saturated heterocycles. The van der Waals surface area contributed by atoms with Crippen molar-refractivity contribution in [1.82, 2.24) is 0 Å². The van der Waals surface area contributed by atoms with Gasteiger partial charge in [-0.2, -0.15) is 26.9 Å². The summed E-state index contributed by atoms with van der Waals surface area (Å²) >= 11 is 0. The molecule has 0 spiro atoms. The number of carboxylic acid groups (broad SMARTS) is 1. The zero-order chi connectivity index (χ0) is 23.6. The highest BCUT2D eigenvalue weighted by molar-refractivity contribution is 7.88. The van der Waals surface area contributed by atoms with Crippen LogP contribution in [0.25, 0.3) is 10.8 Å². The second-order valence-electron chi connectivity index (χ2n) is 6.48. The van der Waals surface area contributed by atoms with Gasteiger partial charge in [-0.1, -0.05) is 13.3 Å². The molecule has 0 aliphatic heterocycles. The second kappa shape index (κ2) is 9.07. The number of alkyl halides is 3. The number of benzene rings is 2. The van der Waals surface area contributed by atoms with Gasteiger partial charge in [-0.25, -0.2) is 9.18 Å². The van der Waals surface area contributed by atoms with Crippen LogP contribution in [-0.2, 0) is 19.6 Å². The summed E-state index contributed by atoms with van der Waals surface area (Å²) in [6.07, 6.45) is -1.01. The van der Waals surface area contributed by atoms with Gasteiger partial charge in [-0.3, -0.25) is 0 Å². The van der Waals surface area contributed by atoms with E-state index in [1.165, 1.54) is 0 Å². The van der Waals surface area contributed by atoms with E-state index >= 15 is 4.39 Å². The van der Waals surface area contributed by atoms with Gasteiger partial charge in [0.05, 0.1) is 11.6 Å². The van der Waals surface area contributed by atoms with E-state index in [1.807, 2.05) is 0 Å². The molecule has 7 nitrogen and oxygen atoms in total. The summed E-state index contributed by atoms with van der Waals surface area (Å²) in [5, 5.41) is 17.7. The Kier molecular flexibility index (Phi) is 7.13. The summed E-state index contributed by atoms with van der Waals surface area (Å²) in [6, 6.07) is 4.79. The quantitative estimate of drug-likeness (QED) is 0.268. The highest BCUT2D eigenvalue weighted by atomic mass is 32.2. The largest absolute Gasteiger partial charge is 0.534 e. The first kappa shape index (κ1) is 24.4. The van der Waals surface area contributed by atoms with Crippen LogP contribution in [0, 0.1) is 24.1 Å². The Morgan fingerprint density at radius 1 is 1.29 bits per heavy atom. The summed E-state index contributed by atoms with van der Waals surface area (Å²) in [5.41, 5.74) is -7.07. The first-order valence-corrected chi connectivity index (χ1v) is 10.3. The molecule has 0 aromatic heterocycles. The van der Waals surface area contributed by atoms with Gasteiger partial charge in [0.2, 0.25) is 0 Å². The molecule has 168 valence electrons. The molecule has 12 heteroatoms. The maximum Gasteiger partial charge on any atom is 0.534 e. The van der Waals surface area contributed by atoms with E-state index in [2.05, 4.69) is 4.18 Å². The molecular weight excluding hydrogens is 446 g/mol. The minimum atomic E-state index is -6.23. The minimum absolute atomic E-state index is 0.0582. The molecule has 0 radical (unpaired) electrons. The van der Waals surface area contributed by atoms with Crippen molar-refractivity contribution >= 4 is 26.9 Å². The summed E-state index contributed by atoms with van der Waals surface area (Å²) in [4.78, 5) is 11.8. The first-order valence-electron chi connectivity index (χ1n) is 8.86. The first-order chi connectivity index (χ1) is 14.4. The van der Waals surface area contributed by atoms with Crippen molar-refractivity contribution < 1.29 is 44.8 Å². The van der Waals surface area contributed by atoms with E-state index in [0.717, 1.165) is 25.1 Å². The zero-order valence-corrected chi connectivity index (χ0v) is 17.1. The number of rotatable bonds is 8. The number of aliphatic carboxylic acids is 1. The standard InChI is InChI=1S/C19H17F4NO6S/c1-3-4-7-29-17(18(25)26)14-10(2)15(20)13-8-11(9-24)5-6-12(13)16(14)30-31(27,28)19(21,22)23/h5-6,8,17H,3-4,7H2,1-2H3,(H,25,26). The predicted octanol–water partition coefficient (Wildman–Crippen LogP) is 4.33. The Labute approximate surface area is 174 Å². The van der Waals surface area contributed by atoms with Crippen molar-refractivity contribution in [2.45, 2.75) is 38.3 Å². The molecule has 31 heavy (non-hydrogen) atoms. The fraction of sp³-hybridized carbons (Fsp3) is 0.368. The lowest BCUT2D eigenvalue weighted by Crippen LogP contribution is -2.29. The lowest BCUT2D eigenvalue weighted by molar-refractivity contribution is -0.151. The number of nitriles is 1. The molecule has 0 fully saturated rings. The SMILES string of the molecule is CCCCOC(C(=O)O)c1c(C)c(F)c2cc(C#N)ccc2c1OS(=O)(=O)C(F)(F)F. The van der Waals surface area contributed by atoms with Crippen LogP contribution in [-0.4, -0.2) is 31.6 Å². The Hall–Kier alpha value is -2.91. The summed E-state index contributed by atoms with van der Waals surface area (Å²) in [7, 11) is -6.23. The van der Waals surface area contributed by atoms with Crippen molar-refractivity contribution in [3.8, 4) is 11.8 Å². The van der Waals surface area contributed by atoms with Crippen LogP contribution in [0.3, 0.4) is 0 Å². The Balaban J connectivity index is 2.90. The van der Waals surface area contributed by atoms with Crippen molar-refractivity contribution in [2.24, 2.45) is 0 Å². The molecule has 2 aromatic carbocycles. The molecule has 2 aromatic rings. The van der Waals surface area contributed by atoms with Crippen LogP contribution in [0.2, 0.25) is 0 Å². The lowest BCUT2D eigenvalue weighted by atomic mass is 9.94. The zero-order valence-electron chi connectivity index (χ0n) is 16.3. The Morgan fingerprint density at radius 2 is 1.94 bits per heavy atom. The average molecular weight is 463 g/mol. The topological polar surface area (TPSA) is 114 Å². The van der Waals surface area contributed by atoms with Gasteiger partial charge < -0.3 is 14.0 Å². The Bertz CT molecular complexity index is 1150. The van der Waals surface area contributed by atoms with Crippen LogP contribution in [0.1, 0.15) is 42.6 Å². The number of hydrogen-bond acceptors (Lipinski definition) is 6. The number of unbranched alkanes of at least 4 members (excludes halogenated alkanes) is 1. The number of hydrogen-bond donors (Lipinski definition) is 1. The third-order valence-electron chi connectivity index (χ3n) is 4.35. The number of fused-ring (bicyclic) bond motifs is 1. The second-order valence-corrected chi connectivity index (χ2v) is 8.02. The van der Waals surface area contributed by atoms with Crippen molar-refractivity contribution in [2.75, 3.05) is 6.61 Å². The van der Waals surface area contributed by atoms with E-state index in [9.17, 15) is 31.5 Å². The van der Waals surface area contributed by atoms with Gasteiger partial charge in [-0.05, 0) is 37.1 Å². The molecule has 1 atom stereocenters. The van der Waals surface area contributed by atoms with Gasteiger partial charge in [0.25, 0.3) is 0 Å². The van der Waals surface area contributed by atoms with Crippen LogP contribution >= 0.6 is 0 Å². The molecule has 1 N–H and O–H groups in total. The maximum atomic E-state index is 15.0. The summed E-state index contributed by atoms with van der Waals surface area (Å²) in [6.45, 7) is 2.69. The number of carbonyl (C=O) groups is 1. The van der Waals surface area contributed by atoms with Crippen LogP contribution in [0.5, 0.6) is 5.75 Å². The van der Waals surface area contributed by atoms with Crippen LogP contribution < -0.4 is 4.18 Å². The third-order valence-corrected chi connectivity index (χ3v) is 5.31. The van der Waals surface area contributed by atoms with Crippen LogP contribution in [0.15, 0.2) is 18.2 Å². The van der Waals surface area contributed by atoms with E-state index < -0.39 is 61.2 Å². The molecule has 0 saturated carbocycles. The highest BCUT2D eigenvalue weighted by Gasteiger charge is 2.49. The normalized spacial score (nSPS) is 13.1. The van der Waals surface area contributed by atoms with E-state index in [4.69, 9.17) is 10.00 Å². The highest BCUT2D eigenvalue weighted by Crippen LogP contribution is 2.42. The van der Waals surface area contributed by atoms with Crippen molar-refractivity contribution in [3.63, 3.8) is 0 Å². The van der Waals surface area contributed by atoms with E-state index in [-0.39, 0.29) is 12.2 Å². The van der Waals surface area contributed by atoms with Gasteiger partial charge in [0.15, 0.2) is 11.9 Å². The Morgan fingerprint density at radius 3 is 2.45 bits per heavy atom. The van der Waals surface area contributed by atoms with Gasteiger partial charge in [0.1, 0.15) is 5.82 Å². The molecule has 0 aliphatic carbocycles. The average Bonchev–Trinajstić information content (AvgIpc) is 2.68. The fourth-order valence-corrected chi connectivity index (χ4v) is 3.31. The van der Waals surface area contributed by atoms with E-state index in [1.54, 1.807) is 13.0 Å².